The summed E-state index contributed by atoms with van der Waals surface area (Å²) < 4.78 is 37.6. The quantitative estimate of drug-likeness (QED) is 0.600. The molecule has 1 aromatic rings. The van der Waals surface area contributed by atoms with E-state index >= 15 is 0 Å². The van der Waals surface area contributed by atoms with E-state index in [-0.39, 0.29) is 4.75 Å². The van der Waals surface area contributed by atoms with Crippen LogP contribution in [0.1, 0.15) is 19.4 Å². The first kappa shape index (κ1) is 15.2. The van der Waals surface area contributed by atoms with Crippen LogP contribution >= 0.6 is 23.5 Å². The predicted molar refractivity (Wildman–Crippen MR) is 77.0 cm³/mol. The van der Waals surface area contributed by atoms with Gasteiger partial charge in [-0.3, -0.25) is 0 Å². The Morgan fingerprint density at radius 3 is 2.20 bits per heavy atom. The summed E-state index contributed by atoms with van der Waals surface area (Å²) in [6, 6.07) is 4.63. The average molecular weight is 320 g/mol. The van der Waals surface area contributed by atoms with Crippen LogP contribution in [0.4, 0.5) is 18.9 Å². The Labute approximate surface area is 122 Å². The van der Waals surface area contributed by atoms with Gasteiger partial charge in [-0.25, -0.2) is 4.99 Å². The minimum Gasteiger partial charge on any atom is -0.410 e. The van der Waals surface area contributed by atoms with Gasteiger partial charge in [-0.1, -0.05) is 16.9 Å². The van der Waals surface area contributed by atoms with Crippen molar-refractivity contribution >= 4 is 38.6 Å². The van der Waals surface area contributed by atoms with E-state index in [4.69, 9.17) is 5.21 Å². The number of alkyl halides is 3. The van der Waals surface area contributed by atoms with Crippen LogP contribution in [0.25, 0.3) is 0 Å². The van der Waals surface area contributed by atoms with Gasteiger partial charge in [0.05, 0.1) is 16.0 Å². The number of thioether (sulfide) groups is 2. The summed E-state index contributed by atoms with van der Waals surface area (Å²) in [5.41, 5.74) is -0.269. The minimum atomic E-state index is -4.35. The normalized spacial score (nSPS) is 22.6. The Balaban J connectivity index is 2.21. The van der Waals surface area contributed by atoms with Crippen molar-refractivity contribution in [1.29, 1.82) is 0 Å². The van der Waals surface area contributed by atoms with Crippen LogP contribution in [0.15, 0.2) is 34.4 Å². The summed E-state index contributed by atoms with van der Waals surface area (Å²) in [6.07, 6.45) is -4.35. The van der Waals surface area contributed by atoms with Crippen molar-refractivity contribution in [2.24, 2.45) is 10.1 Å². The Bertz CT molecular complexity index is 565. The number of nitrogens with zero attached hydrogens (tertiary/aromatic N) is 2. The Hall–Kier alpha value is -1.15. The van der Waals surface area contributed by atoms with Crippen LogP contribution in [-0.4, -0.2) is 19.4 Å². The van der Waals surface area contributed by atoms with Crippen molar-refractivity contribution in [3.05, 3.63) is 29.8 Å². The number of halogens is 3. The summed E-state index contributed by atoms with van der Waals surface area (Å²) >= 11 is 2.62. The molecule has 2 rings (SSSR count). The van der Waals surface area contributed by atoms with Crippen LogP contribution in [0, 0.1) is 0 Å². The molecule has 0 amide bonds. The molecule has 0 atom stereocenters. The maximum atomic E-state index is 12.4. The Morgan fingerprint density at radius 2 is 1.75 bits per heavy atom. The number of oxime groups is 1. The van der Waals surface area contributed by atoms with E-state index in [0.717, 1.165) is 12.1 Å². The molecule has 0 aliphatic carbocycles. The second-order valence-corrected chi connectivity index (χ2v) is 7.39. The zero-order valence-electron chi connectivity index (χ0n) is 10.6. The summed E-state index contributed by atoms with van der Waals surface area (Å²) in [5, 5.41) is 12.6. The standard InChI is InChI=1S/C12H11F3N2OS2/c1-11(2)9(17-18)19-10(20-11)16-8-5-3-7(4-6-8)12(13,14)15/h3-6,18H,1-2H3/b16-10?,17-9-. The van der Waals surface area contributed by atoms with Gasteiger partial charge in [-0.15, -0.1) is 0 Å². The molecule has 108 valence electrons. The summed E-state index contributed by atoms with van der Waals surface area (Å²) in [7, 11) is 0. The molecule has 1 heterocycles. The SMILES string of the molecule is CC1(C)SC(=Nc2ccc(C(F)(F)F)cc2)S/C1=N\O. The van der Waals surface area contributed by atoms with Crippen molar-refractivity contribution in [2.75, 3.05) is 0 Å². The highest BCUT2D eigenvalue weighted by molar-refractivity contribution is 8.50. The topological polar surface area (TPSA) is 45.0 Å². The van der Waals surface area contributed by atoms with Gasteiger partial charge >= 0.3 is 6.18 Å². The third-order valence-corrected chi connectivity index (χ3v) is 5.20. The molecule has 20 heavy (non-hydrogen) atoms. The fourth-order valence-electron chi connectivity index (χ4n) is 1.51. The van der Waals surface area contributed by atoms with Crippen molar-refractivity contribution in [3.63, 3.8) is 0 Å². The molecule has 1 fully saturated rings. The molecule has 0 unspecified atom stereocenters. The van der Waals surface area contributed by atoms with Crippen molar-refractivity contribution < 1.29 is 18.4 Å². The smallest absolute Gasteiger partial charge is 0.410 e. The summed E-state index contributed by atoms with van der Waals surface area (Å²) in [5.74, 6) is 0. The molecule has 1 N–H and O–H groups in total. The molecule has 0 radical (unpaired) electrons. The molecule has 0 aromatic heterocycles. The number of hydrogen-bond acceptors (Lipinski definition) is 5. The van der Waals surface area contributed by atoms with Crippen LogP contribution in [0.5, 0.6) is 0 Å². The fourth-order valence-corrected chi connectivity index (χ4v) is 4.10. The van der Waals surface area contributed by atoms with E-state index in [1.54, 1.807) is 0 Å². The van der Waals surface area contributed by atoms with Gasteiger partial charge in [0.15, 0.2) is 0 Å². The van der Waals surface area contributed by atoms with Crippen LogP contribution in [0.2, 0.25) is 0 Å². The Kier molecular flexibility index (Phi) is 4.06. The predicted octanol–water partition coefficient (Wildman–Crippen LogP) is 4.74. The average Bonchev–Trinajstić information content (AvgIpc) is 2.63. The number of benzene rings is 1. The molecule has 1 aliphatic rings. The third kappa shape index (κ3) is 3.29. The molecular weight excluding hydrogens is 309 g/mol. The van der Waals surface area contributed by atoms with Gasteiger partial charge in [0.2, 0.25) is 0 Å². The first-order valence-electron chi connectivity index (χ1n) is 5.58. The van der Waals surface area contributed by atoms with Gasteiger partial charge < -0.3 is 5.21 Å². The molecule has 1 saturated heterocycles. The molecule has 1 aromatic carbocycles. The Morgan fingerprint density at radius 1 is 1.15 bits per heavy atom. The molecule has 0 spiro atoms. The molecular formula is C12H11F3N2OS2. The van der Waals surface area contributed by atoms with Gasteiger partial charge in [0.25, 0.3) is 0 Å². The van der Waals surface area contributed by atoms with E-state index in [1.165, 1.54) is 35.7 Å². The van der Waals surface area contributed by atoms with E-state index in [0.29, 0.717) is 15.1 Å². The van der Waals surface area contributed by atoms with Crippen molar-refractivity contribution in [1.82, 2.24) is 0 Å². The second kappa shape index (κ2) is 5.33. The van der Waals surface area contributed by atoms with Gasteiger partial charge in [0.1, 0.15) is 9.42 Å². The third-order valence-electron chi connectivity index (χ3n) is 2.55. The van der Waals surface area contributed by atoms with Crippen LogP contribution < -0.4 is 0 Å². The minimum absolute atomic E-state index is 0.385. The molecule has 8 heteroatoms. The number of hydrogen-bond donors (Lipinski definition) is 1. The lowest BCUT2D eigenvalue weighted by Crippen LogP contribution is -2.19. The maximum Gasteiger partial charge on any atom is 0.416 e. The zero-order valence-corrected chi connectivity index (χ0v) is 12.2. The lowest BCUT2D eigenvalue weighted by atomic mass is 10.2. The zero-order chi connectivity index (χ0) is 15.0. The van der Waals surface area contributed by atoms with Gasteiger partial charge in [-0.2, -0.15) is 13.2 Å². The van der Waals surface area contributed by atoms with Crippen molar-refractivity contribution in [2.45, 2.75) is 24.8 Å². The summed E-state index contributed by atoms with van der Waals surface area (Å²) in [4.78, 5) is 4.26. The van der Waals surface area contributed by atoms with E-state index in [2.05, 4.69) is 10.1 Å². The van der Waals surface area contributed by atoms with Gasteiger partial charge in [0, 0.05) is 0 Å². The first-order chi connectivity index (χ1) is 9.22. The maximum absolute atomic E-state index is 12.4. The first-order valence-corrected chi connectivity index (χ1v) is 7.21. The van der Waals surface area contributed by atoms with E-state index < -0.39 is 11.7 Å². The second-order valence-electron chi connectivity index (χ2n) is 4.54. The van der Waals surface area contributed by atoms with E-state index in [1.807, 2.05) is 13.8 Å². The molecule has 0 bridgehead atoms. The number of aliphatic imine (C=N–C) groups is 1. The van der Waals surface area contributed by atoms with Crippen LogP contribution in [0.3, 0.4) is 0 Å². The van der Waals surface area contributed by atoms with Gasteiger partial charge in [-0.05, 0) is 49.9 Å². The highest BCUT2D eigenvalue weighted by Gasteiger charge is 2.38. The largest absolute Gasteiger partial charge is 0.416 e. The van der Waals surface area contributed by atoms with E-state index in [9.17, 15) is 13.2 Å². The number of rotatable bonds is 1. The lowest BCUT2D eigenvalue weighted by Gasteiger charge is -2.12. The van der Waals surface area contributed by atoms with Crippen molar-refractivity contribution in [3.8, 4) is 0 Å². The summed E-state index contributed by atoms with van der Waals surface area (Å²) in [6.45, 7) is 3.77. The molecule has 0 saturated carbocycles. The molecule has 3 nitrogen and oxygen atoms in total. The highest BCUT2D eigenvalue weighted by atomic mass is 32.2. The molecule has 1 aliphatic heterocycles. The highest BCUT2D eigenvalue weighted by Crippen LogP contribution is 2.44. The lowest BCUT2D eigenvalue weighted by molar-refractivity contribution is -0.137. The van der Waals surface area contributed by atoms with Crippen LogP contribution in [-0.2, 0) is 6.18 Å². The fraction of sp³-hybridized carbons (Fsp3) is 0.333. The monoisotopic (exact) mass is 320 g/mol.